The Morgan fingerprint density at radius 3 is 3.50 bits per heavy atom. The Labute approximate surface area is 59.7 Å². The molecule has 2 aliphatic rings. The Hall–Kier alpha value is -1.25. The number of hydrazone groups is 1. The first-order chi connectivity index (χ1) is 4.86. The maximum Gasteiger partial charge on any atom is 0.0565 e. The van der Waals surface area contributed by atoms with E-state index >= 15 is 0 Å². The molecule has 0 spiro atoms. The third-order valence-corrected chi connectivity index (χ3v) is 1.58. The minimum atomic E-state index is 0.130. The van der Waals surface area contributed by atoms with Gasteiger partial charge in [0.15, 0.2) is 0 Å². The van der Waals surface area contributed by atoms with Crippen LogP contribution in [-0.2, 0) is 0 Å². The summed E-state index contributed by atoms with van der Waals surface area (Å²) >= 11 is 0. The van der Waals surface area contributed by atoms with E-state index in [0.717, 1.165) is 0 Å². The first-order valence-electron chi connectivity index (χ1n) is 3.24. The van der Waals surface area contributed by atoms with Gasteiger partial charge in [0.2, 0.25) is 0 Å². The van der Waals surface area contributed by atoms with Gasteiger partial charge in [0.1, 0.15) is 0 Å². The van der Waals surface area contributed by atoms with Crippen LogP contribution >= 0.6 is 0 Å². The van der Waals surface area contributed by atoms with Crippen LogP contribution in [0.1, 0.15) is 6.92 Å². The molecule has 0 radical (unpaired) electrons. The van der Waals surface area contributed by atoms with Gasteiger partial charge in [-0.15, -0.1) is 0 Å². The second-order valence-corrected chi connectivity index (χ2v) is 2.40. The van der Waals surface area contributed by atoms with Crippen LogP contribution in [0.15, 0.2) is 29.0 Å². The molecule has 0 N–H and O–H groups in total. The number of hydrogen-bond donors (Lipinski definition) is 0. The molecule has 0 aromatic rings. The molecule has 0 fully saturated rings. The molecule has 3 heteroatoms. The van der Waals surface area contributed by atoms with Gasteiger partial charge in [0, 0.05) is 6.20 Å². The molecule has 0 aromatic carbocycles. The quantitative estimate of drug-likeness (QED) is 0.492. The lowest BCUT2D eigenvalue weighted by atomic mass is 10.2. The second kappa shape index (κ2) is 1.87. The normalized spacial score (nSPS) is 27.9. The summed E-state index contributed by atoms with van der Waals surface area (Å²) in [7, 11) is 0. The molecule has 2 aliphatic heterocycles. The fourth-order valence-electron chi connectivity index (χ4n) is 1.03. The predicted molar refractivity (Wildman–Crippen MR) is 40.4 cm³/mol. The van der Waals surface area contributed by atoms with Crippen LogP contribution in [0, 0.1) is 0 Å². The molecule has 0 aliphatic carbocycles. The average Bonchev–Trinajstić information content (AvgIpc) is 2.33. The molecule has 10 heavy (non-hydrogen) atoms. The van der Waals surface area contributed by atoms with Crippen molar-refractivity contribution in [2.24, 2.45) is 5.10 Å². The van der Waals surface area contributed by atoms with Crippen molar-refractivity contribution in [1.29, 1.82) is 0 Å². The van der Waals surface area contributed by atoms with Crippen molar-refractivity contribution in [3.8, 4) is 0 Å². The molecule has 2 rings (SSSR count). The van der Waals surface area contributed by atoms with Gasteiger partial charge in [-0.25, -0.2) is 0 Å². The third-order valence-electron chi connectivity index (χ3n) is 1.58. The van der Waals surface area contributed by atoms with E-state index in [1.54, 1.807) is 6.34 Å². The summed E-state index contributed by atoms with van der Waals surface area (Å²) in [6, 6.07) is 0. The molecule has 52 valence electrons. The smallest absolute Gasteiger partial charge is 0.0565 e. The minimum absolute atomic E-state index is 0.130. The van der Waals surface area contributed by atoms with Gasteiger partial charge < -0.3 is 15.4 Å². The highest BCUT2D eigenvalue weighted by Gasteiger charge is 2.08. The highest BCUT2D eigenvalue weighted by Crippen LogP contribution is 2.20. The van der Waals surface area contributed by atoms with E-state index in [9.17, 15) is 0 Å². The van der Waals surface area contributed by atoms with E-state index in [2.05, 4.69) is 23.4 Å². The number of rotatable bonds is 0. The maximum absolute atomic E-state index is 4.11. The van der Waals surface area contributed by atoms with Crippen LogP contribution < -0.4 is 0 Å². The SMILES string of the molecule is CC1=CC2[N-]C=NN2C=C1. The molecule has 0 saturated carbocycles. The zero-order chi connectivity index (χ0) is 6.97. The maximum atomic E-state index is 4.11. The van der Waals surface area contributed by atoms with E-state index in [1.807, 2.05) is 17.3 Å². The summed E-state index contributed by atoms with van der Waals surface area (Å²) in [6.07, 6.45) is 7.75. The van der Waals surface area contributed by atoms with Crippen LogP contribution in [0.3, 0.4) is 0 Å². The fraction of sp³-hybridized carbons (Fsp3) is 0.286. The van der Waals surface area contributed by atoms with E-state index in [0.29, 0.717) is 0 Å². The highest BCUT2D eigenvalue weighted by molar-refractivity contribution is 5.74. The Bertz CT molecular complexity index is 227. The Morgan fingerprint density at radius 2 is 2.60 bits per heavy atom. The summed E-state index contributed by atoms with van der Waals surface area (Å²) in [5.74, 6) is 0. The molecular weight excluding hydrogens is 126 g/mol. The predicted octanol–water partition coefficient (Wildman–Crippen LogP) is 1.42. The number of hydrogen-bond acceptors (Lipinski definition) is 2. The van der Waals surface area contributed by atoms with Crippen LogP contribution in [0.2, 0.25) is 0 Å². The largest absolute Gasteiger partial charge is 0.446 e. The summed E-state index contributed by atoms with van der Waals surface area (Å²) in [5.41, 5.74) is 1.25. The Balaban J connectivity index is 2.25. The van der Waals surface area contributed by atoms with E-state index in [1.165, 1.54) is 5.57 Å². The summed E-state index contributed by atoms with van der Waals surface area (Å²) in [4.78, 5) is 0. The highest BCUT2D eigenvalue weighted by atomic mass is 15.6. The van der Waals surface area contributed by atoms with Crippen molar-refractivity contribution in [2.75, 3.05) is 0 Å². The van der Waals surface area contributed by atoms with Gasteiger partial charge in [0.25, 0.3) is 0 Å². The number of fused-ring (bicyclic) bond motifs is 1. The zero-order valence-corrected chi connectivity index (χ0v) is 5.73. The van der Waals surface area contributed by atoms with Gasteiger partial charge in [-0.1, -0.05) is 18.0 Å². The van der Waals surface area contributed by atoms with Crippen molar-refractivity contribution in [2.45, 2.75) is 13.1 Å². The van der Waals surface area contributed by atoms with Crippen molar-refractivity contribution in [3.05, 3.63) is 29.2 Å². The van der Waals surface area contributed by atoms with E-state index in [-0.39, 0.29) is 6.17 Å². The molecule has 3 nitrogen and oxygen atoms in total. The monoisotopic (exact) mass is 134 g/mol. The molecule has 1 atom stereocenters. The van der Waals surface area contributed by atoms with Crippen molar-refractivity contribution >= 4 is 6.34 Å². The molecule has 0 amide bonds. The minimum Gasteiger partial charge on any atom is -0.446 e. The van der Waals surface area contributed by atoms with Crippen LogP contribution in [0.25, 0.3) is 5.32 Å². The van der Waals surface area contributed by atoms with Crippen molar-refractivity contribution < 1.29 is 0 Å². The zero-order valence-electron chi connectivity index (χ0n) is 5.73. The lowest BCUT2D eigenvalue weighted by Crippen LogP contribution is -2.20. The number of allylic oxidation sites excluding steroid dienone is 2. The van der Waals surface area contributed by atoms with Gasteiger partial charge in [-0.05, 0) is 13.0 Å². The third kappa shape index (κ3) is 0.708. The molecule has 1 unspecified atom stereocenters. The van der Waals surface area contributed by atoms with Gasteiger partial charge >= 0.3 is 0 Å². The van der Waals surface area contributed by atoms with Crippen molar-refractivity contribution in [1.82, 2.24) is 5.01 Å². The topological polar surface area (TPSA) is 29.7 Å². The fourth-order valence-corrected chi connectivity index (χ4v) is 1.03. The van der Waals surface area contributed by atoms with E-state index in [4.69, 9.17) is 0 Å². The Morgan fingerprint density at radius 1 is 1.70 bits per heavy atom. The molecule has 0 saturated heterocycles. The first-order valence-corrected chi connectivity index (χ1v) is 3.24. The summed E-state index contributed by atoms with van der Waals surface area (Å²) in [6.45, 7) is 2.06. The van der Waals surface area contributed by atoms with Crippen LogP contribution in [0.5, 0.6) is 0 Å². The molecule has 0 bridgehead atoms. The molecule has 2 heterocycles. The molecule has 0 aromatic heterocycles. The second-order valence-electron chi connectivity index (χ2n) is 2.40. The summed E-state index contributed by atoms with van der Waals surface area (Å²) < 4.78 is 0. The average molecular weight is 134 g/mol. The van der Waals surface area contributed by atoms with E-state index < -0.39 is 0 Å². The standard InChI is InChI=1S/C7H8N3/c1-6-2-3-10-7(4-6)8-5-9-10/h2-5,7H,1H3/q-1. The first kappa shape index (κ1) is 5.53. The van der Waals surface area contributed by atoms with Gasteiger partial charge in [-0.2, -0.15) is 0 Å². The lowest BCUT2D eigenvalue weighted by Gasteiger charge is -2.28. The molecular formula is C7H8N3-. The van der Waals surface area contributed by atoms with Gasteiger partial charge in [-0.3, -0.25) is 0 Å². The lowest BCUT2D eigenvalue weighted by molar-refractivity contribution is 0.391. The van der Waals surface area contributed by atoms with Gasteiger partial charge in [0.05, 0.1) is 6.17 Å². The summed E-state index contributed by atoms with van der Waals surface area (Å²) in [5, 5.41) is 9.94. The van der Waals surface area contributed by atoms with Crippen LogP contribution in [0.4, 0.5) is 0 Å². The van der Waals surface area contributed by atoms with Crippen molar-refractivity contribution in [3.63, 3.8) is 0 Å². The van der Waals surface area contributed by atoms with Crippen LogP contribution in [-0.4, -0.2) is 17.5 Å². The number of nitrogens with zero attached hydrogens (tertiary/aromatic N) is 3. The Kier molecular flexibility index (Phi) is 1.03.